The van der Waals surface area contributed by atoms with Crippen molar-refractivity contribution in [1.29, 1.82) is 0 Å². The molecule has 0 amide bonds. The molecule has 2 N–H and O–H groups in total. The monoisotopic (exact) mass is 259 g/mol. The molecule has 3 unspecified atom stereocenters. The molecule has 2 bridgehead atoms. The zero-order valence-corrected chi connectivity index (χ0v) is 11.7. The van der Waals surface area contributed by atoms with Crippen molar-refractivity contribution in [2.75, 3.05) is 0 Å². The Kier molecular flexibility index (Phi) is 3.54. The highest BCUT2D eigenvalue weighted by Crippen LogP contribution is 2.61. The second-order valence-corrected chi connectivity index (χ2v) is 6.31. The van der Waals surface area contributed by atoms with Gasteiger partial charge in [0.1, 0.15) is 0 Å². The van der Waals surface area contributed by atoms with Gasteiger partial charge in [-0.15, -0.1) is 12.4 Å². The minimum absolute atomic E-state index is 0. The normalized spacial score (nSPS) is 43.4. The maximum Gasteiger partial charge on any atom is 0.475 e. The van der Waals surface area contributed by atoms with Gasteiger partial charge in [-0.2, -0.15) is 0 Å². The average Bonchev–Trinajstić information content (AvgIpc) is 2.70. The average molecular weight is 260 g/mol. The Morgan fingerprint density at radius 2 is 2.06 bits per heavy atom. The van der Waals surface area contributed by atoms with E-state index in [1.165, 1.54) is 12.8 Å². The first-order chi connectivity index (χ1) is 7.54. The van der Waals surface area contributed by atoms with Crippen LogP contribution in [0.4, 0.5) is 0 Å². The summed E-state index contributed by atoms with van der Waals surface area (Å²) in [5.74, 6) is 1.55. The second kappa shape index (κ2) is 4.41. The number of hydrogen-bond donors (Lipinski definition) is 1. The molecule has 4 aliphatic rings. The fraction of sp³-hybridized carbons (Fsp3) is 1.00. The number of hydrogen-bond acceptors (Lipinski definition) is 3. The van der Waals surface area contributed by atoms with Crippen molar-refractivity contribution < 1.29 is 9.31 Å². The van der Waals surface area contributed by atoms with Gasteiger partial charge in [-0.1, -0.05) is 20.8 Å². The summed E-state index contributed by atoms with van der Waals surface area (Å²) in [6, 6.07) is 0. The third kappa shape index (κ3) is 1.84. The molecular weight excluding hydrogens is 236 g/mol. The summed E-state index contributed by atoms with van der Waals surface area (Å²) in [6.45, 7) is 6.83. The maximum absolute atomic E-state index is 6.06. The summed E-state index contributed by atoms with van der Waals surface area (Å²) >= 11 is 0. The van der Waals surface area contributed by atoms with Gasteiger partial charge in [0.15, 0.2) is 0 Å². The molecule has 1 aliphatic heterocycles. The maximum atomic E-state index is 6.06. The molecule has 3 nitrogen and oxygen atoms in total. The van der Waals surface area contributed by atoms with E-state index >= 15 is 0 Å². The number of rotatable bonds is 2. The first-order valence-corrected chi connectivity index (χ1v) is 6.60. The summed E-state index contributed by atoms with van der Waals surface area (Å²) in [5.41, 5.74) is 6.46. The van der Waals surface area contributed by atoms with E-state index in [0.29, 0.717) is 23.5 Å². The van der Waals surface area contributed by atoms with E-state index in [9.17, 15) is 0 Å². The van der Waals surface area contributed by atoms with Gasteiger partial charge >= 0.3 is 7.12 Å². The van der Waals surface area contributed by atoms with Crippen LogP contribution in [0.2, 0.25) is 0 Å². The number of nitrogens with two attached hydrogens (primary N) is 1. The van der Waals surface area contributed by atoms with Crippen LogP contribution in [-0.2, 0) is 9.31 Å². The predicted octanol–water partition coefficient (Wildman–Crippen LogP) is 2.02. The quantitative estimate of drug-likeness (QED) is 0.772. The lowest BCUT2D eigenvalue weighted by Gasteiger charge is -2.60. The zero-order valence-electron chi connectivity index (χ0n) is 10.9. The van der Waals surface area contributed by atoms with Crippen molar-refractivity contribution >= 4 is 19.5 Å². The Balaban J connectivity index is 0.00000108. The van der Waals surface area contributed by atoms with Crippen LogP contribution >= 0.6 is 12.4 Å². The van der Waals surface area contributed by atoms with Gasteiger partial charge in [0.05, 0.1) is 12.2 Å². The molecule has 1 saturated heterocycles. The van der Waals surface area contributed by atoms with Crippen LogP contribution < -0.4 is 5.73 Å². The fourth-order valence-electron chi connectivity index (χ4n) is 3.76. The lowest BCUT2D eigenvalue weighted by molar-refractivity contribution is -0.150. The molecule has 3 aliphatic carbocycles. The third-order valence-corrected chi connectivity index (χ3v) is 5.25. The first kappa shape index (κ1) is 13.7. The minimum atomic E-state index is -0.157. The van der Waals surface area contributed by atoms with E-state index in [0.717, 1.165) is 12.3 Å². The van der Waals surface area contributed by atoms with E-state index in [-0.39, 0.29) is 25.5 Å². The molecule has 0 spiro atoms. The van der Waals surface area contributed by atoms with Crippen molar-refractivity contribution in [1.82, 2.24) is 0 Å². The highest BCUT2D eigenvalue weighted by Gasteiger charge is 2.62. The smallest absolute Gasteiger partial charge is 0.405 e. The van der Waals surface area contributed by atoms with E-state index in [2.05, 4.69) is 20.8 Å². The molecule has 5 atom stereocenters. The third-order valence-electron chi connectivity index (χ3n) is 5.25. The van der Waals surface area contributed by atoms with Gasteiger partial charge in [-0.05, 0) is 36.5 Å². The van der Waals surface area contributed by atoms with E-state index < -0.39 is 0 Å². The van der Waals surface area contributed by atoms with Crippen LogP contribution in [0.25, 0.3) is 0 Å². The van der Waals surface area contributed by atoms with Crippen LogP contribution in [0, 0.1) is 17.3 Å². The highest BCUT2D eigenvalue weighted by molar-refractivity contribution is 6.47. The van der Waals surface area contributed by atoms with Crippen LogP contribution in [0.3, 0.4) is 0 Å². The molecule has 0 aromatic heterocycles. The molecule has 17 heavy (non-hydrogen) atoms. The molecule has 0 aromatic rings. The summed E-state index contributed by atoms with van der Waals surface area (Å²) < 4.78 is 12.0. The van der Waals surface area contributed by atoms with E-state index in [1.807, 2.05) is 0 Å². The Morgan fingerprint density at radius 1 is 1.35 bits per heavy atom. The minimum Gasteiger partial charge on any atom is -0.405 e. The van der Waals surface area contributed by atoms with Crippen molar-refractivity contribution in [3.05, 3.63) is 0 Å². The zero-order chi connectivity index (χ0) is 11.5. The fourth-order valence-corrected chi connectivity index (χ4v) is 3.76. The molecule has 4 rings (SSSR count). The molecule has 1 heterocycles. The standard InChI is InChI=1S/C12H22BNO2.ClH/c1-4-10(14)13-15-9-6-7-5-8(11(9)16-13)12(7,2)3;/h7-11H,4-6,14H2,1-3H3;1H/t7?,8?,9-,10?,11+;/m1./s1. The first-order valence-electron chi connectivity index (χ1n) is 6.60. The van der Waals surface area contributed by atoms with Gasteiger partial charge < -0.3 is 15.0 Å². The second-order valence-electron chi connectivity index (χ2n) is 6.31. The van der Waals surface area contributed by atoms with Crippen molar-refractivity contribution in [3.63, 3.8) is 0 Å². The van der Waals surface area contributed by atoms with Crippen LogP contribution in [0.5, 0.6) is 0 Å². The van der Waals surface area contributed by atoms with Gasteiger partial charge in [0.25, 0.3) is 0 Å². The summed E-state index contributed by atoms with van der Waals surface area (Å²) in [5, 5.41) is 0. The van der Waals surface area contributed by atoms with E-state index in [4.69, 9.17) is 15.0 Å². The Hall–Kier alpha value is 0.235. The lowest BCUT2D eigenvalue weighted by atomic mass is 9.47. The molecule has 0 radical (unpaired) electrons. The molecule has 4 fully saturated rings. The lowest BCUT2D eigenvalue weighted by Crippen LogP contribution is -2.59. The van der Waals surface area contributed by atoms with Gasteiger partial charge in [-0.3, -0.25) is 0 Å². The van der Waals surface area contributed by atoms with Crippen molar-refractivity contribution in [2.45, 2.75) is 58.2 Å². The van der Waals surface area contributed by atoms with Crippen molar-refractivity contribution in [2.24, 2.45) is 23.0 Å². The predicted molar refractivity (Wildman–Crippen MR) is 71.0 cm³/mol. The molecular formula is C12H23BClNO2. The van der Waals surface area contributed by atoms with Gasteiger partial charge in [0.2, 0.25) is 0 Å². The van der Waals surface area contributed by atoms with Crippen LogP contribution in [0.15, 0.2) is 0 Å². The largest absolute Gasteiger partial charge is 0.475 e. The van der Waals surface area contributed by atoms with Gasteiger partial charge in [0, 0.05) is 5.94 Å². The molecule has 0 aromatic carbocycles. The SMILES string of the molecule is CCC(N)B1O[C@@H]2CC3CC([C@@H]2O1)C3(C)C.Cl. The molecule has 5 heteroatoms. The summed E-state index contributed by atoms with van der Waals surface area (Å²) in [7, 11) is -0.157. The number of halogens is 1. The van der Waals surface area contributed by atoms with Crippen molar-refractivity contribution in [3.8, 4) is 0 Å². The highest BCUT2D eigenvalue weighted by atomic mass is 35.5. The summed E-state index contributed by atoms with van der Waals surface area (Å²) in [6.07, 6.45) is 4.04. The van der Waals surface area contributed by atoms with Crippen LogP contribution in [-0.4, -0.2) is 25.3 Å². The van der Waals surface area contributed by atoms with Gasteiger partial charge in [-0.25, -0.2) is 0 Å². The Labute approximate surface area is 110 Å². The molecule has 98 valence electrons. The van der Waals surface area contributed by atoms with Crippen LogP contribution in [0.1, 0.15) is 40.0 Å². The summed E-state index contributed by atoms with van der Waals surface area (Å²) in [4.78, 5) is 0. The van der Waals surface area contributed by atoms with E-state index in [1.54, 1.807) is 0 Å². The topological polar surface area (TPSA) is 44.5 Å². The Bertz CT molecular complexity index is 302. The molecule has 3 saturated carbocycles. The Morgan fingerprint density at radius 3 is 2.65 bits per heavy atom.